The molecule has 3 aromatic rings. The summed E-state index contributed by atoms with van der Waals surface area (Å²) in [6, 6.07) is 14.6. The van der Waals surface area contributed by atoms with E-state index in [-0.39, 0.29) is 12.2 Å². The summed E-state index contributed by atoms with van der Waals surface area (Å²) in [6.45, 7) is 2.05. The molecule has 21 heavy (non-hydrogen) atoms. The highest BCUT2D eigenvalue weighted by atomic mass is 16.5. The minimum atomic E-state index is -1.01. The molecule has 106 valence electrons. The van der Waals surface area contributed by atoms with Crippen molar-refractivity contribution < 1.29 is 19.1 Å². The summed E-state index contributed by atoms with van der Waals surface area (Å²) in [5.41, 5.74) is 0.150. The third-order valence-electron chi connectivity index (χ3n) is 3.24. The van der Waals surface area contributed by atoms with Crippen LogP contribution in [-0.2, 0) is 6.61 Å². The van der Waals surface area contributed by atoms with Gasteiger partial charge in [0.1, 0.15) is 29.4 Å². The summed E-state index contributed by atoms with van der Waals surface area (Å²) < 4.78 is 11.1. The maximum Gasteiger partial charge on any atom is 0.339 e. The third kappa shape index (κ3) is 2.74. The van der Waals surface area contributed by atoms with Crippen LogP contribution in [0.1, 0.15) is 21.9 Å². The topological polar surface area (TPSA) is 59.7 Å². The van der Waals surface area contributed by atoms with Gasteiger partial charge in [-0.05, 0) is 42.0 Å². The summed E-state index contributed by atoms with van der Waals surface area (Å²) in [5.74, 6) is 0.796. The van der Waals surface area contributed by atoms with Crippen molar-refractivity contribution in [3.05, 3.63) is 65.6 Å². The molecule has 0 aliphatic heterocycles. The summed E-state index contributed by atoms with van der Waals surface area (Å²) in [6.07, 6.45) is 0. The van der Waals surface area contributed by atoms with E-state index in [2.05, 4.69) is 0 Å². The average molecular weight is 282 g/mol. The third-order valence-corrected chi connectivity index (χ3v) is 3.24. The monoisotopic (exact) mass is 282 g/mol. The van der Waals surface area contributed by atoms with Gasteiger partial charge >= 0.3 is 5.97 Å². The SMILES string of the molecule is Cc1ccc(COc2cc3ccccc3cc2C(=O)O)o1. The average Bonchev–Trinajstić information content (AvgIpc) is 2.89. The molecule has 1 N–H and O–H groups in total. The fourth-order valence-electron chi connectivity index (χ4n) is 2.22. The number of carbonyl (C=O) groups is 1. The molecule has 4 heteroatoms. The first kappa shape index (κ1) is 13.2. The molecule has 0 saturated carbocycles. The lowest BCUT2D eigenvalue weighted by molar-refractivity contribution is 0.0691. The zero-order chi connectivity index (χ0) is 14.8. The molecule has 0 aliphatic carbocycles. The molecule has 2 aromatic carbocycles. The normalized spacial score (nSPS) is 10.7. The van der Waals surface area contributed by atoms with Crippen LogP contribution in [0.25, 0.3) is 10.8 Å². The molecular formula is C17H14O4. The van der Waals surface area contributed by atoms with Crippen molar-refractivity contribution in [1.82, 2.24) is 0 Å². The van der Waals surface area contributed by atoms with E-state index in [0.717, 1.165) is 16.5 Å². The lowest BCUT2D eigenvalue weighted by atomic mass is 10.1. The number of benzene rings is 2. The Morgan fingerprint density at radius 3 is 2.48 bits per heavy atom. The molecule has 0 aliphatic rings. The van der Waals surface area contributed by atoms with Gasteiger partial charge in [0, 0.05) is 0 Å². The lowest BCUT2D eigenvalue weighted by Crippen LogP contribution is -2.03. The molecule has 0 unspecified atom stereocenters. The maximum absolute atomic E-state index is 11.4. The Kier molecular flexibility index (Phi) is 3.36. The molecular weight excluding hydrogens is 268 g/mol. The number of fused-ring (bicyclic) bond motifs is 1. The molecule has 0 radical (unpaired) electrons. The van der Waals surface area contributed by atoms with E-state index in [9.17, 15) is 9.90 Å². The summed E-state index contributed by atoms with van der Waals surface area (Å²) in [7, 11) is 0. The first-order chi connectivity index (χ1) is 10.1. The Bertz CT molecular complexity index is 801. The van der Waals surface area contributed by atoms with Crippen LogP contribution in [-0.4, -0.2) is 11.1 Å². The van der Waals surface area contributed by atoms with Crippen molar-refractivity contribution in [2.45, 2.75) is 13.5 Å². The van der Waals surface area contributed by atoms with Crippen molar-refractivity contribution in [3.8, 4) is 5.75 Å². The van der Waals surface area contributed by atoms with Crippen LogP contribution in [0.4, 0.5) is 0 Å². The van der Waals surface area contributed by atoms with Gasteiger partial charge in [0.15, 0.2) is 0 Å². The van der Waals surface area contributed by atoms with Crippen molar-refractivity contribution in [1.29, 1.82) is 0 Å². The Morgan fingerprint density at radius 2 is 1.86 bits per heavy atom. The number of aromatic carboxylic acids is 1. The smallest absolute Gasteiger partial charge is 0.339 e. The fourth-order valence-corrected chi connectivity index (χ4v) is 2.22. The zero-order valence-corrected chi connectivity index (χ0v) is 11.5. The fraction of sp³-hybridized carbons (Fsp3) is 0.118. The second-order valence-corrected chi connectivity index (χ2v) is 4.80. The van der Waals surface area contributed by atoms with Gasteiger partial charge < -0.3 is 14.3 Å². The van der Waals surface area contributed by atoms with Crippen molar-refractivity contribution in [3.63, 3.8) is 0 Å². The van der Waals surface area contributed by atoms with Crippen molar-refractivity contribution in [2.24, 2.45) is 0 Å². The minimum absolute atomic E-state index is 0.150. The van der Waals surface area contributed by atoms with Gasteiger partial charge in [-0.25, -0.2) is 4.79 Å². The van der Waals surface area contributed by atoms with Gasteiger partial charge in [0.05, 0.1) is 0 Å². The first-order valence-corrected chi connectivity index (χ1v) is 6.58. The van der Waals surface area contributed by atoms with E-state index in [1.807, 2.05) is 43.3 Å². The summed E-state index contributed by atoms with van der Waals surface area (Å²) in [5, 5.41) is 11.1. The highest BCUT2D eigenvalue weighted by Gasteiger charge is 2.13. The standard InChI is InChI=1S/C17H14O4/c1-11-6-7-14(21-11)10-20-16-9-13-5-3-2-4-12(13)8-15(16)17(18)19/h2-9H,10H2,1H3,(H,18,19). The molecule has 3 rings (SSSR count). The van der Waals surface area contributed by atoms with Crippen molar-refractivity contribution >= 4 is 16.7 Å². The van der Waals surface area contributed by atoms with Crippen LogP contribution in [0.2, 0.25) is 0 Å². The number of rotatable bonds is 4. The Balaban J connectivity index is 1.95. The van der Waals surface area contributed by atoms with Crippen LogP contribution in [0.15, 0.2) is 52.9 Å². The minimum Gasteiger partial charge on any atom is -0.485 e. The predicted octanol–water partition coefficient (Wildman–Crippen LogP) is 4.02. The maximum atomic E-state index is 11.4. The first-order valence-electron chi connectivity index (χ1n) is 6.58. The molecule has 1 aromatic heterocycles. The molecule has 4 nitrogen and oxygen atoms in total. The van der Waals surface area contributed by atoms with E-state index < -0.39 is 5.97 Å². The van der Waals surface area contributed by atoms with E-state index in [4.69, 9.17) is 9.15 Å². The highest BCUT2D eigenvalue weighted by Crippen LogP contribution is 2.27. The molecule has 0 fully saturated rings. The second-order valence-electron chi connectivity index (χ2n) is 4.80. The molecule has 0 amide bonds. The molecule has 0 spiro atoms. The van der Waals surface area contributed by atoms with E-state index >= 15 is 0 Å². The van der Waals surface area contributed by atoms with E-state index in [0.29, 0.717) is 11.5 Å². The number of carboxylic acids is 1. The molecule has 0 saturated heterocycles. The van der Waals surface area contributed by atoms with Gasteiger partial charge in [0.25, 0.3) is 0 Å². The number of hydrogen-bond donors (Lipinski definition) is 1. The van der Waals surface area contributed by atoms with Crippen LogP contribution in [0.5, 0.6) is 5.75 Å². The highest BCUT2D eigenvalue weighted by molar-refractivity contribution is 5.97. The Hall–Kier alpha value is -2.75. The van der Waals surface area contributed by atoms with Gasteiger partial charge in [-0.3, -0.25) is 0 Å². The zero-order valence-electron chi connectivity index (χ0n) is 11.5. The van der Waals surface area contributed by atoms with Crippen LogP contribution in [0.3, 0.4) is 0 Å². The number of carboxylic acid groups (broad SMARTS) is 1. The largest absolute Gasteiger partial charge is 0.485 e. The Labute approximate surface area is 121 Å². The lowest BCUT2D eigenvalue weighted by Gasteiger charge is -2.09. The summed E-state index contributed by atoms with van der Waals surface area (Å²) in [4.78, 5) is 11.4. The number of hydrogen-bond acceptors (Lipinski definition) is 3. The summed E-state index contributed by atoms with van der Waals surface area (Å²) >= 11 is 0. The number of furan rings is 1. The molecule has 0 bridgehead atoms. The van der Waals surface area contributed by atoms with Crippen LogP contribution in [0, 0.1) is 6.92 Å². The van der Waals surface area contributed by atoms with E-state index in [1.54, 1.807) is 12.1 Å². The predicted molar refractivity (Wildman–Crippen MR) is 78.7 cm³/mol. The number of ether oxygens (including phenoxy) is 1. The van der Waals surface area contributed by atoms with Gasteiger partial charge in [0.2, 0.25) is 0 Å². The van der Waals surface area contributed by atoms with Crippen LogP contribution < -0.4 is 4.74 Å². The quantitative estimate of drug-likeness (QED) is 0.785. The van der Waals surface area contributed by atoms with Crippen molar-refractivity contribution in [2.75, 3.05) is 0 Å². The number of aryl methyl sites for hydroxylation is 1. The van der Waals surface area contributed by atoms with E-state index in [1.165, 1.54) is 0 Å². The second kappa shape index (κ2) is 5.32. The van der Waals surface area contributed by atoms with Gasteiger partial charge in [-0.1, -0.05) is 24.3 Å². The molecule has 1 heterocycles. The van der Waals surface area contributed by atoms with Gasteiger partial charge in [-0.15, -0.1) is 0 Å². The Morgan fingerprint density at radius 1 is 1.14 bits per heavy atom. The van der Waals surface area contributed by atoms with Crippen LogP contribution >= 0.6 is 0 Å². The van der Waals surface area contributed by atoms with Gasteiger partial charge in [-0.2, -0.15) is 0 Å². The molecule has 0 atom stereocenters.